The van der Waals surface area contributed by atoms with Gasteiger partial charge in [0.1, 0.15) is 17.6 Å². The van der Waals surface area contributed by atoms with E-state index in [2.05, 4.69) is 9.38 Å². The molecular formula is C16H21ClF3IN2O3S. The molecule has 0 aromatic carbocycles. The van der Waals surface area contributed by atoms with Crippen LogP contribution >= 0.6 is 34.2 Å². The first kappa shape index (κ1) is 24.6. The number of hydrogen-bond donors (Lipinski definition) is 1. The second-order valence-corrected chi connectivity index (χ2v) is 10.1. The van der Waals surface area contributed by atoms with Crippen LogP contribution < -0.4 is 4.74 Å². The summed E-state index contributed by atoms with van der Waals surface area (Å²) in [6.07, 6.45) is -6.28. The van der Waals surface area contributed by atoms with Gasteiger partial charge >= 0.3 is 6.18 Å². The third-order valence-electron chi connectivity index (χ3n) is 3.15. The van der Waals surface area contributed by atoms with E-state index in [-0.39, 0.29) is 21.1 Å². The molecule has 1 N–H and O–H groups in total. The minimum Gasteiger partial charge on any atom is -0.483 e. The van der Waals surface area contributed by atoms with Gasteiger partial charge in [-0.3, -0.25) is 0 Å². The van der Waals surface area contributed by atoms with Crippen LogP contribution in [0.1, 0.15) is 52.3 Å². The van der Waals surface area contributed by atoms with E-state index in [1.54, 1.807) is 43.4 Å². The number of rotatable bonds is 7. The fourth-order valence-electron chi connectivity index (χ4n) is 1.77. The molecule has 2 atom stereocenters. The highest BCUT2D eigenvalue weighted by atomic mass is 127. The van der Waals surface area contributed by atoms with Crippen LogP contribution in [0.2, 0.25) is 5.15 Å². The minimum absolute atomic E-state index is 0.0196. The van der Waals surface area contributed by atoms with Crippen LogP contribution in [0.4, 0.5) is 13.2 Å². The van der Waals surface area contributed by atoms with Crippen molar-refractivity contribution in [3.8, 4) is 5.75 Å². The maximum atomic E-state index is 12.6. The Bertz CT molecular complexity index is 701. The summed E-state index contributed by atoms with van der Waals surface area (Å²) in [6.45, 7) is 7.30. The molecule has 11 heteroatoms. The van der Waals surface area contributed by atoms with Crippen molar-refractivity contribution in [2.75, 3.05) is 6.61 Å². The second kappa shape index (κ2) is 9.84. The van der Waals surface area contributed by atoms with Gasteiger partial charge in [-0.05, 0) is 55.8 Å². The van der Waals surface area contributed by atoms with Crippen molar-refractivity contribution < 1.29 is 27.2 Å². The fourth-order valence-corrected chi connectivity index (χ4v) is 3.56. The van der Waals surface area contributed by atoms with Gasteiger partial charge in [-0.25, -0.2) is 9.19 Å². The molecular weight excluding hydrogens is 520 g/mol. The van der Waals surface area contributed by atoms with Gasteiger partial charge in [-0.1, -0.05) is 24.9 Å². The molecule has 0 radical (unpaired) electrons. The summed E-state index contributed by atoms with van der Waals surface area (Å²) in [5.41, 5.74) is -0.0578. The van der Waals surface area contributed by atoms with Crippen molar-refractivity contribution in [3.05, 3.63) is 20.5 Å². The number of pyridine rings is 1. The molecule has 0 amide bonds. The molecule has 1 aromatic rings. The van der Waals surface area contributed by atoms with E-state index in [9.17, 15) is 22.5 Å². The van der Waals surface area contributed by atoms with E-state index in [1.165, 1.54) is 0 Å². The molecule has 1 heterocycles. The van der Waals surface area contributed by atoms with Crippen molar-refractivity contribution >= 4 is 50.9 Å². The lowest BCUT2D eigenvalue weighted by Crippen LogP contribution is -2.23. The fraction of sp³-hybridized carbons (Fsp3) is 0.625. The van der Waals surface area contributed by atoms with Gasteiger partial charge in [0.05, 0.1) is 19.7 Å². The van der Waals surface area contributed by atoms with E-state index in [0.29, 0.717) is 12.1 Å². The van der Waals surface area contributed by atoms with Gasteiger partial charge in [0.25, 0.3) is 0 Å². The van der Waals surface area contributed by atoms with Crippen molar-refractivity contribution in [1.29, 1.82) is 0 Å². The third-order valence-corrected chi connectivity index (χ3v) is 5.68. The van der Waals surface area contributed by atoms with Crippen molar-refractivity contribution in [1.82, 2.24) is 4.98 Å². The summed E-state index contributed by atoms with van der Waals surface area (Å²) in [5, 5.41) is 9.02. The highest BCUT2D eigenvalue weighted by Crippen LogP contribution is 2.36. The highest BCUT2D eigenvalue weighted by molar-refractivity contribution is 14.1. The lowest BCUT2D eigenvalue weighted by Gasteiger charge is -2.17. The normalized spacial score (nSPS) is 15.6. The predicted octanol–water partition coefficient (Wildman–Crippen LogP) is 5.02. The topological polar surface area (TPSA) is 71.8 Å². The first-order valence-corrected chi connectivity index (χ1v) is 10.6. The number of hydrogen-bond acceptors (Lipinski definition) is 4. The maximum Gasteiger partial charge on any atom is 0.420 e. The number of ether oxygens (including phenoxy) is 1. The SMILES string of the molecule is CCCC(COc1c(I)cc(C(O)C(F)(F)F)nc1Cl)=NS(=O)C(C)(C)C. The largest absolute Gasteiger partial charge is 0.483 e. The van der Waals surface area contributed by atoms with Crippen LogP contribution in [0.15, 0.2) is 10.5 Å². The predicted molar refractivity (Wildman–Crippen MR) is 109 cm³/mol. The Kier molecular flexibility index (Phi) is 8.96. The first-order chi connectivity index (χ1) is 12.3. The van der Waals surface area contributed by atoms with Crippen molar-refractivity contribution in [3.63, 3.8) is 0 Å². The monoisotopic (exact) mass is 540 g/mol. The van der Waals surface area contributed by atoms with Gasteiger partial charge in [-0.2, -0.15) is 17.6 Å². The lowest BCUT2D eigenvalue weighted by atomic mass is 10.2. The maximum absolute atomic E-state index is 12.6. The van der Waals surface area contributed by atoms with E-state index in [1.807, 2.05) is 6.92 Å². The average Bonchev–Trinajstić information content (AvgIpc) is 2.51. The lowest BCUT2D eigenvalue weighted by molar-refractivity contribution is -0.208. The summed E-state index contributed by atoms with van der Waals surface area (Å²) in [4.78, 5) is 3.59. The van der Waals surface area contributed by atoms with Crippen LogP contribution in [0.25, 0.3) is 0 Å². The molecule has 0 saturated carbocycles. The molecule has 1 aromatic heterocycles. The molecule has 154 valence electrons. The van der Waals surface area contributed by atoms with Crippen molar-refractivity contribution in [2.45, 2.75) is 57.6 Å². The van der Waals surface area contributed by atoms with Crippen LogP contribution in [-0.2, 0) is 11.0 Å². The number of alkyl halides is 3. The number of aliphatic hydroxyl groups is 1. The smallest absolute Gasteiger partial charge is 0.420 e. The molecule has 1 rings (SSSR count). The molecule has 0 fully saturated rings. The third kappa shape index (κ3) is 7.47. The summed E-state index contributed by atoms with van der Waals surface area (Å²) in [7, 11) is -1.46. The van der Waals surface area contributed by atoms with Gasteiger partial charge in [-0.15, -0.1) is 0 Å². The van der Waals surface area contributed by atoms with Crippen LogP contribution in [0.3, 0.4) is 0 Å². The molecule has 5 nitrogen and oxygen atoms in total. The molecule has 0 spiro atoms. The number of aromatic nitrogens is 1. The molecule has 0 bridgehead atoms. The van der Waals surface area contributed by atoms with E-state index >= 15 is 0 Å². The first-order valence-electron chi connectivity index (χ1n) is 7.99. The zero-order valence-electron chi connectivity index (χ0n) is 15.2. The quantitative estimate of drug-likeness (QED) is 0.300. The molecule has 0 saturated heterocycles. The number of halogens is 5. The standard InChI is InChI=1S/C16H21ClF3IN2O3S/c1-5-6-9(23-27(25)15(2,3)4)8-26-12-10(21)7-11(22-14(12)17)13(24)16(18,19)20/h7,13,24H,5-6,8H2,1-4H3. The van der Waals surface area contributed by atoms with Crippen LogP contribution in [0.5, 0.6) is 5.75 Å². The van der Waals surface area contributed by atoms with E-state index in [4.69, 9.17) is 16.3 Å². The molecule has 0 aliphatic heterocycles. The Hall–Kier alpha value is -0.460. The Labute approximate surface area is 177 Å². The van der Waals surface area contributed by atoms with Crippen molar-refractivity contribution in [2.24, 2.45) is 4.40 Å². The summed E-state index contributed by atoms with van der Waals surface area (Å²) in [6, 6.07) is 1.06. The van der Waals surface area contributed by atoms with E-state index in [0.717, 1.165) is 12.5 Å². The Balaban J connectivity index is 3.04. The van der Waals surface area contributed by atoms with E-state index < -0.39 is 33.7 Å². The van der Waals surface area contributed by atoms with Gasteiger partial charge in [0.15, 0.2) is 17.0 Å². The zero-order valence-corrected chi connectivity index (χ0v) is 19.0. The minimum atomic E-state index is -4.85. The summed E-state index contributed by atoms with van der Waals surface area (Å²) in [5.74, 6) is 0.0840. The summed E-state index contributed by atoms with van der Waals surface area (Å²) >= 11 is 7.70. The molecule has 27 heavy (non-hydrogen) atoms. The van der Waals surface area contributed by atoms with Gasteiger partial charge in [0.2, 0.25) is 0 Å². The average molecular weight is 541 g/mol. The van der Waals surface area contributed by atoms with Crippen LogP contribution in [0, 0.1) is 3.57 Å². The summed E-state index contributed by atoms with van der Waals surface area (Å²) < 4.78 is 59.7. The van der Waals surface area contributed by atoms with Gasteiger partial charge in [0, 0.05) is 0 Å². The number of nitrogens with zero attached hydrogens (tertiary/aromatic N) is 2. The van der Waals surface area contributed by atoms with Crippen LogP contribution in [-0.4, -0.2) is 37.5 Å². The highest BCUT2D eigenvalue weighted by Gasteiger charge is 2.41. The zero-order chi connectivity index (χ0) is 21.0. The second-order valence-electron chi connectivity index (χ2n) is 6.65. The molecule has 0 aliphatic carbocycles. The molecule has 2 unspecified atom stereocenters. The molecule has 0 aliphatic rings. The Morgan fingerprint density at radius 3 is 2.48 bits per heavy atom. The Morgan fingerprint density at radius 2 is 2.04 bits per heavy atom. The Morgan fingerprint density at radius 1 is 1.44 bits per heavy atom. The van der Waals surface area contributed by atoms with Gasteiger partial charge < -0.3 is 9.84 Å². The number of aliphatic hydroxyl groups excluding tert-OH is 1.